The molecule has 3 rings (SSSR count). The van der Waals surface area contributed by atoms with Gasteiger partial charge in [-0.1, -0.05) is 18.2 Å². The Morgan fingerprint density at radius 2 is 1.95 bits per heavy atom. The van der Waals surface area contributed by atoms with Gasteiger partial charge in [-0.15, -0.1) is 0 Å². The second-order valence-corrected chi connectivity index (χ2v) is 4.56. The van der Waals surface area contributed by atoms with Crippen molar-refractivity contribution in [1.29, 1.82) is 0 Å². The summed E-state index contributed by atoms with van der Waals surface area (Å²) in [6.07, 6.45) is 1.79. The number of aromatic nitrogens is 3. The molecule has 94 valence electrons. The molecule has 2 heterocycles. The molecule has 0 aliphatic rings. The number of aryl methyl sites for hydroxylation is 2. The van der Waals surface area contributed by atoms with E-state index in [4.69, 9.17) is 0 Å². The Kier molecular flexibility index (Phi) is 2.63. The number of hydrogen-bond acceptors (Lipinski definition) is 3. The third kappa shape index (κ3) is 2.01. The maximum atomic E-state index is 11.6. The molecule has 0 spiro atoms. The number of nitrogens with zero attached hydrogens (tertiary/aromatic N) is 3. The standard InChI is InChI=1S/C15H13N3O/c1-10-7-14(17-18(2)15(10)19)12-8-11-5-3-4-6-13(11)16-9-12/h3-9H,1-2H3. The molecule has 0 bridgehead atoms. The van der Waals surface area contributed by atoms with Gasteiger partial charge in [-0.2, -0.15) is 5.10 Å². The fraction of sp³-hybridized carbons (Fsp3) is 0.133. The Hall–Kier alpha value is -2.49. The summed E-state index contributed by atoms with van der Waals surface area (Å²) in [7, 11) is 1.66. The molecule has 0 saturated carbocycles. The third-order valence-corrected chi connectivity index (χ3v) is 3.13. The number of hydrogen-bond donors (Lipinski definition) is 0. The molecule has 0 saturated heterocycles. The quantitative estimate of drug-likeness (QED) is 0.666. The van der Waals surface area contributed by atoms with Crippen molar-refractivity contribution >= 4 is 10.9 Å². The minimum atomic E-state index is -0.0718. The minimum Gasteiger partial charge on any atom is -0.268 e. The molecule has 0 aliphatic heterocycles. The fourth-order valence-electron chi connectivity index (χ4n) is 2.11. The highest BCUT2D eigenvalue weighted by Crippen LogP contribution is 2.20. The van der Waals surface area contributed by atoms with E-state index in [2.05, 4.69) is 10.1 Å². The van der Waals surface area contributed by atoms with Crippen molar-refractivity contribution < 1.29 is 0 Å². The molecular weight excluding hydrogens is 238 g/mol. The molecule has 0 unspecified atom stereocenters. The predicted octanol–water partition coefficient (Wildman–Crippen LogP) is 2.30. The molecule has 0 radical (unpaired) electrons. The Labute approximate surface area is 110 Å². The van der Waals surface area contributed by atoms with Gasteiger partial charge >= 0.3 is 0 Å². The predicted molar refractivity (Wildman–Crippen MR) is 75.0 cm³/mol. The van der Waals surface area contributed by atoms with Crippen LogP contribution in [0.1, 0.15) is 5.56 Å². The summed E-state index contributed by atoms with van der Waals surface area (Å²) in [5, 5.41) is 5.34. The lowest BCUT2D eigenvalue weighted by Crippen LogP contribution is -2.21. The highest BCUT2D eigenvalue weighted by molar-refractivity contribution is 5.82. The number of para-hydroxylation sites is 1. The minimum absolute atomic E-state index is 0.0718. The van der Waals surface area contributed by atoms with E-state index in [9.17, 15) is 4.79 Å². The Morgan fingerprint density at radius 3 is 2.74 bits per heavy atom. The normalized spacial score (nSPS) is 10.8. The van der Waals surface area contributed by atoms with Crippen LogP contribution in [-0.4, -0.2) is 14.8 Å². The molecule has 4 heteroatoms. The summed E-state index contributed by atoms with van der Waals surface area (Å²) in [4.78, 5) is 16.1. The van der Waals surface area contributed by atoms with Crippen molar-refractivity contribution in [3.8, 4) is 11.3 Å². The Bertz CT molecular complexity index is 795. The van der Waals surface area contributed by atoms with Gasteiger partial charge in [0, 0.05) is 29.8 Å². The summed E-state index contributed by atoms with van der Waals surface area (Å²) >= 11 is 0. The Balaban J connectivity index is 2.21. The van der Waals surface area contributed by atoms with Crippen molar-refractivity contribution in [3.05, 3.63) is 58.5 Å². The van der Waals surface area contributed by atoms with Crippen molar-refractivity contribution in [2.24, 2.45) is 7.05 Å². The fourth-order valence-corrected chi connectivity index (χ4v) is 2.11. The second kappa shape index (κ2) is 4.31. The summed E-state index contributed by atoms with van der Waals surface area (Å²) < 4.78 is 1.36. The Morgan fingerprint density at radius 1 is 1.16 bits per heavy atom. The van der Waals surface area contributed by atoms with E-state index >= 15 is 0 Å². The average Bonchev–Trinajstić information content (AvgIpc) is 2.43. The van der Waals surface area contributed by atoms with Crippen LogP contribution in [0, 0.1) is 6.92 Å². The van der Waals surface area contributed by atoms with Crippen molar-refractivity contribution in [2.45, 2.75) is 6.92 Å². The molecule has 3 aromatic rings. The molecular formula is C15H13N3O. The van der Waals surface area contributed by atoms with Crippen molar-refractivity contribution in [3.63, 3.8) is 0 Å². The van der Waals surface area contributed by atoms with Crippen LogP contribution >= 0.6 is 0 Å². The highest BCUT2D eigenvalue weighted by Gasteiger charge is 2.06. The lowest BCUT2D eigenvalue weighted by atomic mass is 10.1. The van der Waals surface area contributed by atoms with E-state index < -0.39 is 0 Å². The van der Waals surface area contributed by atoms with E-state index in [0.29, 0.717) is 5.56 Å². The van der Waals surface area contributed by atoms with E-state index in [0.717, 1.165) is 22.2 Å². The first-order chi connectivity index (χ1) is 9.15. The van der Waals surface area contributed by atoms with Gasteiger partial charge < -0.3 is 0 Å². The monoisotopic (exact) mass is 251 g/mol. The molecule has 0 N–H and O–H groups in total. The first-order valence-corrected chi connectivity index (χ1v) is 6.05. The van der Waals surface area contributed by atoms with Gasteiger partial charge in [0.25, 0.3) is 5.56 Å². The molecule has 4 nitrogen and oxygen atoms in total. The summed E-state index contributed by atoms with van der Waals surface area (Å²) in [6, 6.07) is 11.8. The molecule has 0 aliphatic carbocycles. The summed E-state index contributed by atoms with van der Waals surface area (Å²) in [6.45, 7) is 1.79. The number of rotatable bonds is 1. The van der Waals surface area contributed by atoms with Crippen LogP contribution in [0.15, 0.2) is 47.4 Å². The zero-order valence-electron chi connectivity index (χ0n) is 10.8. The number of pyridine rings is 1. The van der Waals surface area contributed by atoms with Crippen LogP contribution < -0.4 is 5.56 Å². The molecule has 1 aromatic carbocycles. The molecule has 0 amide bonds. The largest absolute Gasteiger partial charge is 0.269 e. The van der Waals surface area contributed by atoms with E-state index in [1.54, 1.807) is 26.2 Å². The van der Waals surface area contributed by atoms with Crippen LogP contribution in [0.2, 0.25) is 0 Å². The summed E-state index contributed by atoms with van der Waals surface area (Å²) in [5.41, 5.74) is 3.24. The first-order valence-electron chi connectivity index (χ1n) is 6.05. The van der Waals surface area contributed by atoms with E-state index in [1.165, 1.54) is 4.68 Å². The smallest absolute Gasteiger partial charge is 0.268 e. The van der Waals surface area contributed by atoms with Crippen LogP contribution in [-0.2, 0) is 7.05 Å². The van der Waals surface area contributed by atoms with Gasteiger partial charge in [0.1, 0.15) is 0 Å². The van der Waals surface area contributed by atoms with Gasteiger partial charge in [-0.05, 0) is 25.1 Å². The molecule has 0 fully saturated rings. The molecule has 0 atom stereocenters. The van der Waals surface area contributed by atoms with Crippen molar-refractivity contribution in [1.82, 2.24) is 14.8 Å². The van der Waals surface area contributed by atoms with Gasteiger partial charge in [0.2, 0.25) is 0 Å². The van der Waals surface area contributed by atoms with Gasteiger partial charge in [-0.3, -0.25) is 9.78 Å². The number of benzene rings is 1. The van der Waals surface area contributed by atoms with E-state index in [1.807, 2.05) is 30.3 Å². The average molecular weight is 251 g/mol. The van der Waals surface area contributed by atoms with Crippen LogP contribution in [0.5, 0.6) is 0 Å². The van der Waals surface area contributed by atoms with Gasteiger partial charge in [0.05, 0.1) is 11.2 Å². The van der Waals surface area contributed by atoms with E-state index in [-0.39, 0.29) is 5.56 Å². The lowest BCUT2D eigenvalue weighted by molar-refractivity contribution is 0.705. The topological polar surface area (TPSA) is 47.8 Å². The molecule has 19 heavy (non-hydrogen) atoms. The van der Waals surface area contributed by atoms with Crippen LogP contribution in [0.3, 0.4) is 0 Å². The number of fused-ring (bicyclic) bond motifs is 1. The first kappa shape index (κ1) is 11.6. The maximum absolute atomic E-state index is 11.6. The van der Waals surface area contributed by atoms with Gasteiger partial charge in [0.15, 0.2) is 0 Å². The van der Waals surface area contributed by atoms with Crippen LogP contribution in [0.25, 0.3) is 22.2 Å². The summed E-state index contributed by atoms with van der Waals surface area (Å²) in [5.74, 6) is 0. The molecule has 2 aromatic heterocycles. The van der Waals surface area contributed by atoms with Gasteiger partial charge in [-0.25, -0.2) is 4.68 Å². The third-order valence-electron chi connectivity index (χ3n) is 3.13. The van der Waals surface area contributed by atoms with Crippen molar-refractivity contribution in [2.75, 3.05) is 0 Å². The zero-order chi connectivity index (χ0) is 13.4. The second-order valence-electron chi connectivity index (χ2n) is 4.56. The zero-order valence-corrected chi connectivity index (χ0v) is 10.8. The maximum Gasteiger partial charge on any atom is 0.269 e. The lowest BCUT2D eigenvalue weighted by Gasteiger charge is -2.05. The SMILES string of the molecule is Cc1cc(-c2cnc3ccccc3c2)nn(C)c1=O. The van der Waals surface area contributed by atoms with Crippen LogP contribution in [0.4, 0.5) is 0 Å². The highest BCUT2D eigenvalue weighted by atomic mass is 16.1.